The van der Waals surface area contributed by atoms with Crippen molar-refractivity contribution in [2.75, 3.05) is 6.61 Å². The average Bonchev–Trinajstić information content (AvgIpc) is 1.87. The molecule has 0 aliphatic heterocycles. The van der Waals surface area contributed by atoms with Crippen LogP contribution in [0, 0.1) is 0 Å². The van der Waals surface area contributed by atoms with Crippen molar-refractivity contribution in [3.8, 4) is 0 Å². The van der Waals surface area contributed by atoms with Crippen molar-refractivity contribution < 1.29 is 14.6 Å². The van der Waals surface area contributed by atoms with Crippen LogP contribution in [0.3, 0.4) is 0 Å². The van der Waals surface area contributed by atoms with Gasteiger partial charge in [-0.1, -0.05) is 6.58 Å². The summed E-state index contributed by atoms with van der Waals surface area (Å²) in [5.41, 5.74) is 5.03. The molecule has 0 aromatic rings. The van der Waals surface area contributed by atoms with Crippen molar-refractivity contribution >= 4 is 5.97 Å². The van der Waals surface area contributed by atoms with E-state index in [1.165, 1.54) is 0 Å². The highest BCUT2D eigenvalue weighted by molar-refractivity contribution is 5.76. The van der Waals surface area contributed by atoms with Crippen molar-refractivity contribution in [2.24, 2.45) is 5.73 Å². The summed E-state index contributed by atoms with van der Waals surface area (Å²) in [6, 6.07) is -0.956. The Kier molecular flexibility index (Phi) is 3.66. The first kappa shape index (κ1) is 8.13. The van der Waals surface area contributed by atoms with E-state index >= 15 is 0 Å². The van der Waals surface area contributed by atoms with Crippen LogP contribution in [0.1, 0.15) is 0 Å². The van der Waals surface area contributed by atoms with Crippen molar-refractivity contribution in [3.05, 3.63) is 12.8 Å². The molecule has 0 amide bonds. The summed E-state index contributed by atoms with van der Waals surface area (Å²) in [4.78, 5) is 10.4. The van der Waals surface area contributed by atoms with E-state index in [0.29, 0.717) is 0 Å². The quantitative estimate of drug-likeness (QED) is 0.380. The molecule has 0 spiro atoms. The van der Waals surface area contributed by atoms with Gasteiger partial charge in [-0.25, -0.2) is 4.79 Å². The van der Waals surface area contributed by atoms with Gasteiger partial charge in [0.15, 0.2) is 0 Å². The van der Waals surface area contributed by atoms with E-state index in [1.807, 2.05) is 0 Å². The predicted octanol–water partition coefficient (Wildman–Crippen LogP) is -1.01. The number of carbonyl (C=O) groups excluding carboxylic acids is 1. The van der Waals surface area contributed by atoms with Crippen LogP contribution in [0.5, 0.6) is 0 Å². The molecular weight excluding hydrogens is 122 g/mol. The molecule has 1 atom stereocenters. The largest absolute Gasteiger partial charge is 0.434 e. The molecule has 0 aromatic heterocycles. The molecule has 0 aliphatic carbocycles. The lowest BCUT2D eigenvalue weighted by molar-refractivity contribution is -0.140. The van der Waals surface area contributed by atoms with Crippen molar-refractivity contribution in [3.63, 3.8) is 0 Å². The first-order valence-corrected chi connectivity index (χ1v) is 2.40. The van der Waals surface area contributed by atoms with Gasteiger partial charge in [-0.15, -0.1) is 0 Å². The standard InChI is InChI=1S/C5H9NO3/c1-2-9-5(8)4(6)3-7/h2,4,7H,1,3,6H2. The third-order valence-corrected chi connectivity index (χ3v) is 0.699. The molecular formula is C5H9NO3. The third kappa shape index (κ3) is 2.84. The van der Waals surface area contributed by atoms with Crippen LogP contribution in [0.2, 0.25) is 0 Å². The minimum Gasteiger partial charge on any atom is -0.434 e. The summed E-state index contributed by atoms with van der Waals surface area (Å²) >= 11 is 0. The highest BCUT2D eigenvalue weighted by Gasteiger charge is 2.11. The molecule has 52 valence electrons. The number of rotatable bonds is 3. The van der Waals surface area contributed by atoms with Gasteiger partial charge in [0.2, 0.25) is 0 Å². The fraction of sp³-hybridized carbons (Fsp3) is 0.400. The second-order valence-corrected chi connectivity index (χ2v) is 1.39. The molecule has 0 saturated heterocycles. The predicted molar refractivity (Wildman–Crippen MR) is 31.4 cm³/mol. The fourth-order valence-electron chi connectivity index (χ4n) is 0.244. The summed E-state index contributed by atoms with van der Waals surface area (Å²) in [6.45, 7) is 2.73. The minimum absolute atomic E-state index is 0.410. The first-order chi connectivity index (χ1) is 4.22. The van der Waals surface area contributed by atoms with Crippen LogP contribution in [-0.4, -0.2) is 23.7 Å². The van der Waals surface area contributed by atoms with E-state index in [1.54, 1.807) is 0 Å². The van der Waals surface area contributed by atoms with Crippen molar-refractivity contribution in [2.45, 2.75) is 6.04 Å². The Hall–Kier alpha value is -0.870. The summed E-state index contributed by atoms with van der Waals surface area (Å²) in [7, 11) is 0. The zero-order valence-corrected chi connectivity index (χ0v) is 4.91. The highest BCUT2D eigenvalue weighted by Crippen LogP contribution is 1.82. The number of aliphatic hydroxyl groups is 1. The Balaban J connectivity index is 3.58. The van der Waals surface area contributed by atoms with Crippen LogP contribution in [0.4, 0.5) is 0 Å². The van der Waals surface area contributed by atoms with E-state index in [9.17, 15) is 4.79 Å². The molecule has 0 aliphatic rings. The molecule has 0 rings (SSSR count). The van der Waals surface area contributed by atoms with Gasteiger partial charge in [0.1, 0.15) is 6.04 Å². The second-order valence-electron chi connectivity index (χ2n) is 1.39. The van der Waals surface area contributed by atoms with Gasteiger partial charge in [0, 0.05) is 0 Å². The maximum atomic E-state index is 10.4. The first-order valence-electron chi connectivity index (χ1n) is 2.40. The molecule has 4 nitrogen and oxygen atoms in total. The number of nitrogens with two attached hydrogens (primary N) is 1. The SMILES string of the molecule is C=COC(=O)C(N)CO. The lowest BCUT2D eigenvalue weighted by Gasteiger charge is -2.02. The summed E-state index contributed by atoms with van der Waals surface area (Å²) in [5.74, 6) is -0.674. The van der Waals surface area contributed by atoms with Gasteiger partial charge >= 0.3 is 5.97 Å². The van der Waals surface area contributed by atoms with E-state index in [-0.39, 0.29) is 0 Å². The van der Waals surface area contributed by atoms with E-state index < -0.39 is 18.6 Å². The lowest BCUT2D eigenvalue weighted by atomic mass is 10.3. The summed E-state index contributed by atoms with van der Waals surface area (Å²) in [5, 5.41) is 8.27. The van der Waals surface area contributed by atoms with E-state index in [0.717, 1.165) is 6.26 Å². The Morgan fingerprint density at radius 3 is 2.89 bits per heavy atom. The number of esters is 1. The molecule has 0 heterocycles. The number of hydrogen-bond acceptors (Lipinski definition) is 4. The second kappa shape index (κ2) is 4.05. The molecule has 0 fully saturated rings. The van der Waals surface area contributed by atoms with E-state index in [4.69, 9.17) is 10.8 Å². The normalized spacial score (nSPS) is 12.2. The topological polar surface area (TPSA) is 72.5 Å². The highest BCUT2D eigenvalue weighted by atomic mass is 16.5. The monoisotopic (exact) mass is 131 g/mol. The molecule has 4 heteroatoms. The number of aliphatic hydroxyl groups excluding tert-OH is 1. The number of ether oxygens (including phenoxy) is 1. The maximum absolute atomic E-state index is 10.4. The van der Waals surface area contributed by atoms with Crippen LogP contribution in [-0.2, 0) is 9.53 Å². The van der Waals surface area contributed by atoms with Crippen molar-refractivity contribution in [1.29, 1.82) is 0 Å². The van der Waals surface area contributed by atoms with Gasteiger partial charge in [-0.3, -0.25) is 0 Å². The average molecular weight is 131 g/mol. The van der Waals surface area contributed by atoms with Crippen molar-refractivity contribution in [1.82, 2.24) is 0 Å². The zero-order chi connectivity index (χ0) is 7.28. The maximum Gasteiger partial charge on any atom is 0.330 e. The Bertz CT molecular complexity index is 113. The smallest absolute Gasteiger partial charge is 0.330 e. The molecule has 0 bridgehead atoms. The van der Waals surface area contributed by atoms with Gasteiger partial charge in [0.05, 0.1) is 12.9 Å². The van der Waals surface area contributed by atoms with Gasteiger partial charge in [0.25, 0.3) is 0 Å². The summed E-state index contributed by atoms with van der Waals surface area (Å²) < 4.78 is 4.23. The molecule has 0 aromatic carbocycles. The Morgan fingerprint density at radius 2 is 2.56 bits per heavy atom. The Labute approximate surface area is 52.9 Å². The number of carbonyl (C=O) groups is 1. The molecule has 9 heavy (non-hydrogen) atoms. The van der Waals surface area contributed by atoms with Crippen LogP contribution >= 0.6 is 0 Å². The van der Waals surface area contributed by atoms with Gasteiger partial charge < -0.3 is 15.6 Å². The van der Waals surface area contributed by atoms with Crippen LogP contribution in [0.15, 0.2) is 12.8 Å². The lowest BCUT2D eigenvalue weighted by Crippen LogP contribution is -2.34. The zero-order valence-electron chi connectivity index (χ0n) is 4.91. The third-order valence-electron chi connectivity index (χ3n) is 0.699. The van der Waals surface area contributed by atoms with Crippen LogP contribution in [0.25, 0.3) is 0 Å². The molecule has 0 radical (unpaired) electrons. The fourth-order valence-corrected chi connectivity index (χ4v) is 0.244. The molecule has 1 unspecified atom stereocenters. The number of hydrogen-bond donors (Lipinski definition) is 2. The Morgan fingerprint density at radius 1 is 2.00 bits per heavy atom. The van der Waals surface area contributed by atoms with E-state index in [2.05, 4.69) is 11.3 Å². The summed E-state index contributed by atoms with van der Waals surface area (Å²) in [6.07, 6.45) is 0.970. The van der Waals surface area contributed by atoms with Crippen LogP contribution < -0.4 is 5.73 Å². The minimum atomic E-state index is -0.956. The van der Waals surface area contributed by atoms with Gasteiger partial charge in [-0.05, 0) is 0 Å². The molecule has 3 N–H and O–H groups in total. The molecule has 0 saturated carbocycles. The van der Waals surface area contributed by atoms with Gasteiger partial charge in [-0.2, -0.15) is 0 Å².